The number of unbranched alkanes of at least 4 members (excludes halogenated alkanes) is 21. The molecule has 0 saturated carbocycles. The van der Waals surface area contributed by atoms with Crippen LogP contribution in [0.5, 0.6) is 0 Å². The van der Waals surface area contributed by atoms with Crippen LogP contribution in [0.2, 0.25) is 0 Å². The van der Waals surface area contributed by atoms with Gasteiger partial charge in [0.15, 0.2) is 12.1 Å². The Morgan fingerprint density at radius 1 is 0.577 bits per heavy atom. The van der Waals surface area contributed by atoms with Crippen LogP contribution in [0, 0.1) is 0 Å². The number of likely N-dealkylation sites (N-methyl/N-ethyl adjacent to an activating group) is 1. The maximum Gasteiger partial charge on any atom is 0.362 e. The molecule has 0 saturated heterocycles. The third-order valence-electron chi connectivity index (χ3n) is 9.63. The molecule has 0 fully saturated rings. The van der Waals surface area contributed by atoms with Crippen molar-refractivity contribution in [1.82, 2.24) is 0 Å². The molecule has 304 valence electrons. The van der Waals surface area contributed by atoms with Crippen molar-refractivity contribution < 1.29 is 38.2 Å². The third-order valence-corrected chi connectivity index (χ3v) is 9.63. The summed E-state index contributed by atoms with van der Waals surface area (Å²) >= 11 is 0. The molecule has 2 unspecified atom stereocenters. The predicted octanol–water partition coefficient (Wildman–Crippen LogP) is 11.3. The molecule has 0 heterocycles. The first-order valence-electron chi connectivity index (χ1n) is 21.4. The topological polar surface area (TPSA) is 99.1 Å². The van der Waals surface area contributed by atoms with Gasteiger partial charge in [-0.05, 0) is 38.5 Å². The Bertz CT molecular complexity index is 911. The summed E-state index contributed by atoms with van der Waals surface area (Å²) in [6.07, 6.45) is 37.9. The highest BCUT2D eigenvalue weighted by Gasteiger charge is 2.31. The molecule has 52 heavy (non-hydrogen) atoms. The van der Waals surface area contributed by atoms with E-state index in [1.165, 1.54) is 103 Å². The smallest absolute Gasteiger partial charge is 0.362 e. The molecule has 0 aliphatic heterocycles. The summed E-state index contributed by atoms with van der Waals surface area (Å²) < 4.78 is 17.2. The first-order chi connectivity index (χ1) is 25.1. The van der Waals surface area contributed by atoms with E-state index in [0.717, 1.165) is 51.4 Å². The second-order valence-electron chi connectivity index (χ2n) is 15.6. The molecule has 2 atom stereocenters. The molecule has 0 bridgehead atoms. The van der Waals surface area contributed by atoms with Crippen molar-refractivity contribution in [2.75, 3.05) is 41.0 Å². The molecule has 0 aromatic carbocycles. The Morgan fingerprint density at radius 2 is 1.00 bits per heavy atom. The molecular weight excluding hydrogens is 654 g/mol. The highest BCUT2D eigenvalue weighted by Crippen LogP contribution is 2.14. The molecule has 8 heteroatoms. The lowest BCUT2D eigenvalue weighted by Gasteiger charge is -2.31. The van der Waals surface area contributed by atoms with Gasteiger partial charge in [-0.25, -0.2) is 4.79 Å². The Hall–Kier alpha value is -2.19. The Labute approximate surface area is 320 Å². The quantitative estimate of drug-likeness (QED) is 0.0291. The highest BCUT2D eigenvalue weighted by atomic mass is 16.6. The van der Waals surface area contributed by atoms with Crippen LogP contribution in [0.15, 0.2) is 24.3 Å². The van der Waals surface area contributed by atoms with Gasteiger partial charge in [-0.3, -0.25) is 9.59 Å². The second-order valence-corrected chi connectivity index (χ2v) is 15.6. The maximum atomic E-state index is 12.7. The molecule has 0 rings (SSSR count). The molecule has 8 nitrogen and oxygen atoms in total. The van der Waals surface area contributed by atoms with Crippen molar-refractivity contribution in [2.24, 2.45) is 0 Å². The van der Waals surface area contributed by atoms with Gasteiger partial charge in [0.2, 0.25) is 0 Å². The third kappa shape index (κ3) is 33.6. The fraction of sp³-hybridized carbons (Fsp3) is 0.841. The minimum Gasteiger partial charge on any atom is -0.477 e. The van der Waals surface area contributed by atoms with Crippen LogP contribution in [-0.2, 0) is 28.6 Å². The Balaban J connectivity index is 4.41. The number of carbonyl (C=O) groups is 3. The van der Waals surface area contributed by atoms with Crippen LogP contribution in [0.3, 0.4) is 0 Å². The van der Waals surface area contributed by atoms with Crippen molar-refractivity contribution in [3.05, 3.63) is 24.3 Å². The van der Waals surface area contributed by atoms with Gasteiger partial charge < -0.3 is 23.8 Å². The lowest BCUT2D eigenvalue weighted by Crippen LogP contribution is -2.50. The molecule has 0 radical (unpaired) electrons. The van der Waals surface area contributed by atoms with E-state index in [1.807, 2.05) is 21.1 Å². The Kier molecular flexibility index (Phi) is 34.3. The number of allylic oxidation sites excluding steroid dienone is 4. The summed E-state index contributed by atoms with van der Waals surface area (Å²) in [5.41, 5.74) is 0. The van der Waals surface area contributed by atoms with Crippen molar-refractivity contribution in [3.8, 4) is 0 Å². The van der Waals surface area contributed by atoms with Crippen LogP contribution < -0.4 is 0 Å². The largest absolute Gasteiger partial charge is 0.477 e. The summed E-state index contributed by atoms with van der Waals surface area (Å²) in [5, 5.41) is 9.60. The van der Waals surface area contributed by atoms with Gasteiger partial charge in [-0.2, -0.15) is 0 Å². The van der Waals surface area contributed by atoms with Gasteiger partial charge in [0, 0.05) is 19.3 Å². The maximum absolute atomic E-state index is 12.7. The van der Waals surface area contributed by atoms with Crippen LogP contribution >= 0.6 is 0 Å². The van der Waals surface area contributed by atoms with E-state index >= 15 is 0 Å². The van der Waals surface area contributed by atoms with E-state index in [9.17, 15) is 19.5 Å². The number of carboxylic acids is 1. The van der Waals surface area contributed by atoms with E-state index in [0.29, 0.717) is 19.3 Å². The zero-order chi connectivity index (χ0) is 38.5. The van der Waals surface area contributed by atoms with Gasteiger partial charge in [-0.15, -0.1) is 0 Å². The number of esters is 2. The van der Waals surface area contributed by atoms with E-state index in [2.05, 4.69) is 38.2 Å². The summed E-state index contributed by atoms with van der Waals surface area (Å²) in [6.45, 7) is 4.70. The summed E-state index contributed by atoms with van der Waals surface area (Å²) in [6, 6.07) is -0.616. The average molecular weight is 737 g/mol. The van der Waals surface area contributed by atoms with Crippen LogP contribution in [0.25, 0.3) is 0 Å². The van der Waals surface area contributed by atoms with Gasteiger partial charge in [0.05, 0.1) is 34.4 Å². The first kappa shape index (κ1) is 49.8. The number of quaternary nitrogens is 1. The number of rotatable bonds is 38. The summed E-state index contributed by atoms with van der Waals surface area (Å²) in [4.78, 5) is 36.9. The summed E-state index contributed by atoms with van der Waals surface area (Å²) in [7, 11) is 5.52. The molecule has 0 aromatic rings. The highest BCUT2D eigenvalue weighted by molar-refractivity contribution is 5.72. The van der Waals surface area contributed by atoms with E-state index in [4.69, 9.17) is 14.2 Å². The monoisotopic (exact) mass is 737 g/mol. The molecular formula is C44H82NO7+. The summed E-state index contributed by atoms with van der Waals surface area (Å²) in [5.74, 6) is -1.49. The second kappa shape index (κ2) is 35.8. The van der Waals surface area contributed by atoms with Gasteiger partial charge in [0.25, 0.3) is 0 Å². The lowest BCUT2D eigenvalue weighted by molar-refractivity contribution is -0.887. The van der Waals surface area contributed by atoms with Crippen molar-refractivity contribution >= 4 is 17.9 Å². The standard InChI is InChI=1S/C44H81NO7/c1-6-8-10-12-14-16-18-20-21-22-23-25-27-29-31-33-35-43(47)52-40(38-50-37-36-41(44(48)49)45(3,4)5)39-51-42(46)34-32-30-28-26-24-19-17-15-13-11-9-7-2/h21-23,25,40-41H,6-20,24,26-39H2,1-5H3/p+1/b22-21+,25-23+. The number of ether oxygens (including phenoxy) is 3. The Morgan fingerprint density at radius 3 is 1.46 bits per heavy atom. The van der Waals surface area contributed by atoms with Gasteiger partial charge >= 0.3 is 17.9 Å². The minimum absolute atomic E-state index is 0.0539. The molecule has 1 N–H and O–H groups in total. The van der Waals surface area contributed by atoms with E-state index < -0.39 is 18.1 Å². The normalized spacial score (nSPS) is 13.2. The average Bonchev–Trinajstić information content (AvgIpc) is 3.09. The molecule has 0 spiro atoms. The van der Waals surface area contributed by atoms with Crippen molar-refractivity contribution in [1.29, 1.82) is 0 Å². The van der Waals surface area contributed by atoms with Crippen molar-refractivity contribution in [3.63, 3.8) is 0 Å². The van der Waals surface area contributed by atoms with Crippen LogP contribution in [-0.4, -0.2) is 80.6 Å². The molecule has 0 aliphatic rings. The van der Waals surface area contributed by atoms with Gasteiger partial charge in [0.1, 0.15) is 6.61 Å². The molecule has 0 aromatic heterocycles. The zero-order valence-electron chi connectivity index (χ0n) is 34.5. The first-order valence-corrected chi connectivity index (χ1v) is 21.4. The fourth-order valence-corrected chi connectivity index (χ4v) is 6.26. The van der Waals surface area contributed by atoms with Crippen LogP contribution in [0.4, 0.5) is 0 Å². The van der Waals surface area contributed by atoms with E-state index in [1.54, 1.807) is 0 Å². The zero-order valence-corrected chi connectivity index (χ0v) is 34.5. The number of carbonyl (C=O) groups excluding carboxylic acids is 2. The molecule has 0 aliphatic carbocycles. The number of carboxylic acid groups (broad SMARTS) is 1. The SMILES string of the molecule is CCCCCCCCC/C=C/C=C/CCCCCC(=O)OC(COCCC(C(=O)O)[N+](C)(C)C)COC(=O)CCCCCCCCCCCCCC. The number of hydrogen-bond acceptors (Lipinski definition) is 6. The minimum atomic E-state index is -0.878. The van der Waals surface area contributed by atoms with E-state index in [-0.39, 0.29) is 36.2 Å². The predicted molar refractivity (Wildman–Crippen MR) is 215 cm³/mol. The molecule has 0 amide bonds. The number of nitrogens with zero attached hydrogens (tertiary/aromatic N) is 1. The number of hydrogen-bond donors (Lipinski definition) is 1. The van der Waals surface area contributed by atoms with Crippen LogP contribution in [0.1, 0.15) is 187 Å². The number of aliphatic carboxylic acids is 1. The van der Waals surface area contributed by atoms with Gasteiger partial charge in [-0.1, -0.05) is 154 Å². The lowest BCUT2D eigenvalue weighted by atomic mass is 10.0. The fourth-order valence-electron chi connectivity index (χ4n) is 6.26. The van der Waals surface area contributed by atoms with Crippen molar-refractivity contribution in [2.45, 2.75) is 199 Å².